The predicted molar refractivity (Wildman–Crippen MR) is 113 cm³/mol. The minimum atomic E-state index is -0.588. The lowest BCUT2D eigenvalue weighted by Gasteiger charge is -2.20. The van der Waals surface area contributed by atoms with Crippen LogP contribution in [0.1, 0.15) is 24.1 Å². The van der Waals surface area contributed by atoms with Crippen molar-refractivity contribution in [1.82, 2.24) is 0 Å². The molecule has 142 valence electrons. The van der Waals surface area contributed by atoms with Crippen molar-refractivity contribution >= 4 is 28.9 Å². The van der Waals surface area contributed by atoms with E-state index in [0.29, 0.717) is 5.69 Å². The zero-order valence-corrected chi connectivity index (χ0v) is 15.9. The van der Waals surface area contributed by atoms with Gasteiger partial charge in [0.25, 0.3) is 5.91 Å². The number of anilines is 3. The lowest BCUT2D eigenvalue weighted by atomic mass is 10.1. The molecular formula is C23H23N3O2. The number of hydrogen-bond acceptors (Lipinski definition) is 3. The molecular weight excluding hydrogens is 350 g/mol. The Morgan fingerprint density at radius 1 is 0.750 bits per heavy atom. The monoisotopic (exact) mass is 373 g/mol. The number of benzene rings is 3. The molecule has 5 heteroatoms. The quantitative estimate of drug-likeness (QED) is 0.584. The normalized spacial score (nSPS) is 11.4. The Balaban J connectivity index is 1.84. The highest BCUT2D eigenvalue weighted by molar-refractivity contribution is 5.97. The van der Waals surface area contributed by atoms with Crippen LogP contribution in [0.5, 0.6) is 0 Å². The molecule has 0 heterocycles. The highest BCUT2D eigenvalue weighted by Crippen LogP contribution is 2.24. The van der Waals surface area contributed by atoms with Gasteiger partial charge in [-0.3, -0.25) is 9.59 Å². The first-order chi connectivity index (χ1) is 13.5. The van der Waals surface area contributed by atoms with Gasteiger partial charge in [0.2, 0.25) is 5.91 Å². The first-order valence-corrected chi connectivity index (χ1v) is 9.08. The van der Waals surface area contributed by atoms with Gasteiger partial charge in [0.05, 0.1) is 0 Å². The van der Waals surface area contributed by atoms with Crippen LogP contribution in [0.3, 0.4) is 0 Å². The molecule has 0 unspecified atom stereocenters. The summed E-state index contributed by atoms with van der Waals surface area (Å²) in [6.07, 6.45) is 0. The summed E-state index contributed by atoms with van der Waals surface area (Å²) in [5.74, 6) is -0.311. The number of amides is 2. The fraction of sp³-hybridized carbons (Fsp3) is 0.130. The van der Waals surface area contributed by atoms with Gasteiger partial charge in [0, 0.05) is 24.0 Å². The summed E-state index contributed by atoms with van der Waals surface area (Å²) in [6, 6.07) is 23.9. The maximum atomic E-state index is 13.0. The standard InChI is InChI=1S/C23H23N3O2/c1-16-11-13-19(14-12-16)26-23(28)22(18-7-4-3-5-8-18)25-21-10-6-9-20(15-21)24-17(2)27/h3-15,22,25H,1-2H3,(H,24,27)(H,26,28)/t22-/m1/s1. The van der Waals surface area contributed by atoms with E-state index in [0.717, 1.165) is 22.5 Å². The second-order valence-corrected chi connectivity index (χ2v) is 6.61. The number of hydrogen-bond donors (Lipinski definition) is 3. The average molecular weight is 373 g/mol. The van der Waals surface area contributed by atoms with Gasteiger partial charge in [-0.1, -0.05) is 54.1 Å². The zero-order valence-electron chi connectivity index (χ0n) is 15.9. The summed E-state index contributed by atoms with van der Waals surface area (Å²) in [6.45, 7) is 3.46. The Morgan fingerprint density at radius 2 is 1.43 bits per heavy atom. The highest BCUT2D eigenvalue weighted by Gasteiger charge is 2.20. The molecule has 0 saturated carbocycles. The number of carbonyl (C=O) groups excluding carboxylic acids is 2. The van der Waals surface area contributed by atoms with Gasteiger partial charge in [-0.15, -0.1) is 0 Å². The molecule has 5 nitrogen and oxygen atoms in total. The number of rotatable bonds is 6. The summed E-state index contributed by atoms with van der Waals surface area (Å²) < 4.78 is 0. The van der Waals surface area contributed by atoms with Crippen LogP contribution in [0.25, 0.3) is 0 Å². The van der Waals surface area contributed by atoms with Crippen LogP contribution in [0.4, 0.5) is 17.1 Å². The first kappa shape index (κ1) is 19.2. The van der Waals surface area contributed by atoms with Crippen LogP contribution in [0.2, 0.25) is 0 Å². The van der Waals surface area contributed by atoms with Crippen LogP contribution < -0.4 is 16.0 Å². The minimum Gasteiger partial charge on any atom is -0.370 e. The van der Waals surface area contributed by atoms with E-state index in [4.69, 9.17) is 0 Å². The van der Waals surface area contributed by atoms with Gasteiger partial charge in [-0.25, -0.2) is 0 Å². The Labute approximate surface area is 164 Å². The average Bonchev–Trinajstić information content (AvgIpc) is 2.68. The molecule has 0 spiro atoms. The van der Waals surface area contributed by atoms with E-state index in [2.05, 4.69) is 16.0 Å². The lowest BCUT2D eigenvalue weighted by molar-refractivity contribution is -0.117. The fourth-order valence-corrected chi connectivity index (χ4v) is 2.85. The van der Waals surface area contributed by atoms with Crippen LogP contribution in [-0.2, 0) is 9.59 Å². The zero-order chi connectivity index (χ0) is 19.9. The molecule has 0 aliphatic carbocycles. The van der Waals surface area contributed by atoms with E-state index >= 15 is 0 Å². The summed E-state index contributed by atoms with van der Waals surface area (Å²) in [7, 11) is 0. The smallest absolute Gasteiger partial charge is 0.251 e. The molecule has 2 amide bonds. The van der Waals surface area contributed by atoms with Crippen molar-refractivity contribution in [3.63, 3.8) is 0 Å². The third kappa shape index (κ3) is 5.20. The minimum absolute atomic E-state index is 0.145. The van der Waals surface area contributed by atoms with E-state index < -0.39 is 6.04 Å². The molecule has 0 aliphatic heterocycles. The van der Waals surface area contributed by atoms with Crippen LogP contribution in [0, 0.1) is 6.92 Å². The second kappa shape index (κ2) is 8.86. The molecule has 0 bridgehead atoms. The first-order valence-electron chi connectivity index (χ1n) is 9.08. The maximum absolute atomic E-state index is 13.0. The van der Waals surface area contributed by atoms with Crippen molar-refractivity contribution < 1.29 is 9.59 Å². The van der Waals surface area contributed by atoms with Crippen LogP contribution >= 0.6 is 0 Å². The Kier molecular flexibility index (Phi) is 6.07. The Bertz CT molecular complexity index is 953. The van der Waals surface area contributed by atoms with E-state index in [1.165, 1.54) is 6.92 Å². The fourth-order valence-electron chi connectivity index (χ4n) is 2.85. The molecule has 0 aliphatic rings. The third-order valence-electron chi connectivity index (χ3n) is 4.21. The second-order valence-electron chi connectivity index (χ2n) is 6.61. The molecule has 0 saturated heterocycles. The Morgan fingerprint density at radius 3 is 2.11 bits per heavy atom. The maximum Gasteiger partial charge on any atom is 0.251 e. The summed E-state index contributed by atoms with van der Waals surface area (Å²) >= 11 is 0. The summed E-state index contributed by atoms with van der Waals surface area (Å²) in [4.78, 5) is 24.3. The number of carbonyl (C=O) groups is 2. The van der Waals surface area contributed by atoms with Crippen molar-refractivity contribution in [3.8, 4) is 0 Å². The highest BCUT2D eigenvalue weighted by atomic mass is 16.2. The number of aryl methyl sites for hydroxylation is 1. The van der Waals surface area contributed by atoms with Crippen LogP contribution in [-0.4, -0.2) is 11.8 Å². The summed E-state index contributed by atoms with van der Waals surface area (Å²) in [5.41, 5.74) is 4.12. The van der Waals surface area contributed by atoms with Gasteiger partial charge in [0.15, 0.2) is 0 Å². The van der Waals surface area contributed by atoms with Gasteiger partial charge in [-0.05, 0) is 42.8 Å². The van der Waals surface area contributed by atoms with Gasteiger partial charge < -0.3 is 16.0 Å². The largest absolute Gasteiger partial charge is 0.370 e. The van der Waals surface area contributed by atoms with Gasteiger partial charge >= 0.3 is 0 Å². The third-order valence-corrected chi connectivity index (χ3v) is 4.21. The van der Waals surface area contributed by atoms with E-state index in [1.807, 2.05) is 73.7 Å². The molecule has 3 N–H and O–H groups in total. The predicted octanol–water partition coefficient (Wildman–Crippen LogP) is 4.75. The SMILES string of the molecule is CC(=O)Nc1cccc(N[C@@H](C(=O)Nc2ccc(C)cc2)c2ccccc2)c1. The van der Waals surface area contributed by atoms with Gasteiger partial charge in [-0.2, -0.15) is 0 Å². The molecule has 1 atom stereocenters. The molecule has 3 aromatic carbocycles. The molecule has 0 radical (unpaired) electrons. The van der Waals surface area contributed by atoms with Crippen molar-refractivity contribution in [2.45, 2.75) is 19.9 Å². The molecule has 3 aromatic rings. The van der Waals surface area contributed by atoms with Crippen molar-refractivity contribution in [2.75, 3.05) is 16.0 Å². The van der Waals surface area contributed by atoms with Crippen molar-refractivity contribution in [2.24, 2.45) is 0 Å². The van der Waals surface area contributed by atoms with E-state index in [9.17, 15) is 9.59 Å². The van der Waals surface area contributed by atoms with E-state index in [1.54, 1.807) is 12.1 Å². The molecule has 0 fully saturated rings. The van der Waals surface area contributed by atoms with Gasteiger partial charge in [0.1, 0.15) is 6.04 Å². The van der Waals surface area contributed by atoms with Crippen molar-refractivity contribution in [3.05, 3.63) is 90.0 Å². The lowest BCUT2D eigenvalue weighted by Crippen LogP contribution is -2.27. The van der Waals surface area contributed by atoms with Crippen LogP contribution in [0.15, 0.2) is 78.9 Å². The molecule has 3 rings (SSSR count). The van der Waals surface area contributed by atoms with Crippen molar-refractivity contribution in [1.29, 1.82) is 0 Å². The topological polar surface area (TPSA) is 70.2 Å². The Hall–Kier alpha value is -3.60. The molecule has 28 heavy (non-hydrogen) atoms. The van der Waals surface area contributed by atoms with E-state index in [-0.39, 0.29) is 11.8 Å². The number of nitrogens with one attached hydrogen (secondary N) is 3. The molecule has 0 aromatic heterocycles. The summed E-state index contributed by atoms with van der Waals surface area (Å²) in [5, 5.41) is 8.99.